The van der Waals surface area contributed by atoms with Crippen molar-refractivity contribution in [3.8, 4) is 0 Å². The first-order chi connectivity index (χ1) is 9.17. The number of piperazine rings is 1. The molecule has 1 N–H and O–H groups in total. The minimum absolute atomic E-state index is 0.597. The van der Waals surface area contributed by atoms with Crippen LogP contribution in [0.3, 0.4) is 0 Å². The van der Waals surface area contributed by atoms with Gasteiger partial charge in [-0.3, -0.25) is 4.90 Å². The summed E-state index contributed by atoms with van der Waals surface area (Å²) in [6.07, 6.45) is 11.2. The average Bonchev–Trinajstić information content (AvgIpc) is 2.40. The Labute approximate surface area is 120 Å². The molecule has 112 valence electrons. The van der Waals surface area contributed by atoms with E-state index in [0.717, 1.165) is 12.1 Å². The van der Waals surface area contributed by atoms with Gasteiger partial charge in [-0.25, -0.2) is 0 Å². The summed E-state index contributed by atoms with van der Waals surface area (Å²) < 4.78 is 0. The van der Waals surface area contributed by atoms with Crippen LogP contribution in [0.2, 0.25) is 0 Å². The van der Waals surface area contributed by atoms with Gasteiger partial charge in [0.1, 0.15) is 0 Å². The highest BCUT2D eigenvalue weighted by molar-refractivity contribution is 4.90. The molecule has 1 saturated carbocycles. The molecular weight excluding hydrogens is 232 g/mol. The first kappa shape index (κ1) is 15.3. The zero-order valence-electron chi connectivity index (χ0n) is 13.4. The van der Waals surface area contributed by atoms with Crippen molar-refractivity contribution >= 4 is 0 Å². The molecule has 2 rings (SSSR count). The van der Waals surface area contributed by atoms with E-state index >= 15 is 0 Å². The molecule has 2 heteroatoms. The largest absolute Gasteiger partial charge is 0.311 e. The number of rotatable bonds is 5. The Morgan fingerprint density at radius 1 is 1.16 bits per heavy atom. The lowest BCUT2D eigenvalue weighted by atomic mass is 9.75. The van der Waals surface area contributed by atoms with E-state index in [2.05, 4.69) is 31.0 Å². The molecule has 2 atom stereocenters. The Morgan fingerprint density at radius 2 is 1.89 bits per heavy atom. The summed E-state index contributed by atoms with van der Waals surface area (Å²) in [5, 5.41) is 3.76. The molecule has 1 saturated heterocycles. The monoisotopic (exact) mass is 266 g/mol. The van der Waals surface area contributed by atoms with Crippen LogP contribution in [-0.2, 0) is 0 Å². The van der Waals surface area contributed by atoms with Crippen LogP contribution in [0, 0.1) is 5.41 Å². The van der Waals surface area contributed by atoms with E-state index in [1.54, 1.807) is 0 Å². The molecule has 0 radical (unpaired) electrons. The average molecular weight is 266 g/mol. The zero-order valence-corrected chi connectivity index (χ0v) is 13.4. The SMILES string of the molecule is CCCC1CN(CC2(C)CCCCC2)C(CC)CN1. The normalized spacial score (nSPS) is 32.4. The van der Waals surface area contributed by atoms with Crippen LogP contribution in [0.1, 0.15) is 72.1 Å². The second-order valence-electron chi connectivity index (χ2n) is 7.26. The zero-order chi connectivity index (χ0) is 13.7. The molecule has 2 fully saturated rings. The van der Waals surface area contributed by atoms with Gasteiger partial charge >= 0.3 is 0 Å². The van der Waals surface area contributed by atoms with Crippen LogP contribution < -0.4 is 5.32 Å². The summed E-state index contributed by atoms with van der Waals surface area (Å²) in [6.45, 7) is 11.0. The minimum atomic E-state index is 0.597. The number of nitrogens with zero attached hydrogens (tertiary/aromatic N) is 1. The fourth-order valence-corrected chi connectivity index (χ4v) is 4.12. The van der Waals surface area contributed by atoms with Gasteiger partial charge in [0.2, 0.25) is 0 Å². The van der Waals surface area contributed by atoms with Crippen molar-refractivity contribution in [3.63, 3.8) is 0 Å². The van der Waals surface area contributed by atoms with Gasteiger partial charge < -0.3 is 5.32 Å². The van der Waals surface area contributed by atoms with Gasteiger partial charge in [0.25, 0.3) is 0 Å². The first-order valence-electron chi connectivity index (χ1n) is 8.64. The Kier molecular flexibility index (Phi) is 5.70. The maximum atomic E-state index is 3.76. The van der Waals surface area contributed by atoms with Gasteiger partial charge in [0.15, 0.2) is 0 Å². The second-order valence-corrected chi connectivity index (χ2v) is 7.26. The van der Waals surface area contributed by atoms with Crippen molar-refractivity contribution in [2.45, 2.75) is 84.2 Å². The maximum absolute atomic E-state index is 3.76. The van der Waals surface area contributed by atoms with E-state index in [1.165, 1.54) is 71.0 Å². The van der Waals surface area contributed by atoms with Gasteiger partial charge in [-0.1, -0.05) is 46.5 Å². The van der Waals surface area contributed by atoms with Crippen LogP contribution in [0.25, 0.3) is 0 Å². The molecule has 1 aliphatic carbocycles. The summed E-state index contributed by atoms with van der Waals surface area (Å²) >= 11 is 0. The molecule has 0 aromatic heterocycles. The molecule has 1 heterocycles. The number of hydrogen-bond donors (Lipinski definition) is 1. The van der Waals surface area contributed by atoms with Crippen LogP contribution in [0.5, 0.6) is 0 Å². The molecule has 2 aliphatic rings. The van der Waals surface area contributed by atoms with E-state index in [9.17, 15) is 0 Å². The minimum Gasteiger partial charge on any atom is -0.311 e. The Balaban J connectivity index is 1.93. The molecule has 0 amide bonds. The molecule has 0 aromatic rings. The van der Waals surface area contributed by atoms with Gasteiger partial charge in [-0.05, 0) is 31.1 Å². The summed E-state index contributed by atoms with van der Waals surface area (Å²) in [5.41, 5.74) is 0.597. The number of nitrogens with one attached hydrogen (secondary N) is 1. The number of hydrogen-bond acceptors (Lipinski definition) is 2. The van der Waals surface area contributed by atoms with Crippen molar-refractivity contribution < 1.29 is 0 Å². The highest BCUT2D eigenvalue weighted by Crippen LogP contribution is 2.37. The highest BCUT2D eigenvalue weighted by atomic mass is 15.2. The van der Waals surface area contributed by atoms with Crippen LogP contribution in [0.15, 0.2) is 0 Å². The molecule has 0 aromatic carbocycles. The molecule has 0 bridgehead atoms. The Bertz CT molecular complexity index is 258. The van der Waals surface area contributed by atoms with Crippen molar-refractivity contribution in [3.05, 3.63) is 0 Å². The molecular formula is C17H34N2. The lowest BCUT2D eigenvalue weighted by Crippen LogP contribution is -2.58. The third kappa shape index (κ3) is 4.19. The van der Waals surface area contributed by atoms with Crippen molar-refractivity contribution in [1.29, 1.82) is 0 Å². The third-order valence-electron chi connectivity index (χ3n) is 5.37. The van der Waals surface area contributed by atoms with Crippen LogP contribution >= 0.6 is 0 Å². The van der Waals surface area contributed by atoms with Gasteiger partial charge in [-0.2, -0.15) is 0 Å². The predicted octanol–water partition coefficient (Wildman–Crippen LogP) is 3.81. The van der Waals surface area contributed by atoms with Crippen molar-refractivity contribution in [2.24, 2.45) is 5.41 Å². The van der Waals surface area contributed by atoms with Crippen LogP contribution in [-0.4, -0.2) is 36.6 Å². The van der Waals surface area contributed by atoms with Crippen molar-refractivity contribution in [1.82, 2.24) is 10.2 Å². The fourth-order valence-electron chi connectivity index (χ4n) is 4.12. The quantitative estimate of drug-likeness (QED) is 0.814. The summed E-state index contributed by atoms with van der Waals surface area (Å²) in [4.78, 5) is 2.82. The molecule has 2 unspecified atom stereocenters. The summed E-state index contributed by atoms with van der Waals surface area (Å²) in [5.74, 6) is 0. The Morgan fingerprint density at radius 3 is 2.53 bits per heavy atom. The Hall–Kier alpha value is -0.0800. The van der Waals surface area contributed by atoms with E-state index in [1.807, 2.05) is 0 Å². The second kappa shape index (κ2) is 7.08. The fraction of sp³-hybridized carbons (Fsp3) is 1.00. The molecule has 2 nitrogen and oxygen atoms in total. The molecule has 1 aliphatic heterocycles. The van der Waals surface area contributed by atoms with E-state index in [-0.39, 0.29) is 0 Å². The smallest absolute Gasteiger partial charge is 0.0219 e. The summed E-state index contributed by atoms with van der Waals surface area (Å²) in [7, 11) is 0. The van der Waals surface area contributed by atoms with Gasteiger partial charge in [0, 0.05) is 31.7 Å². The van der Waals surface area contributed by atoms with Crippen LogP contribution in [0.4, 0.5) is 0 Å². The first-order valence-corrected chi connectivity index (χ1v) is 8.64. The molecule has 0 spiro atoms. The molecule has 19 heavy (non-hydrogen) atoms. The van der Waals surface area contributed by atoms with Crippen molar-refractivity contribution in [2.75, 3.05) is 19.6 Å². The van der Waals surface area contributed by atoms with E-state index in [4.69, 9.17) is 0 Å². The predicted molar refractivity (Wildman–Crippen MR) is 83.5 cm³/mol. The topological polar surface area (TPSA) is 15.3 Å². The summed E-state index contributed by atoms with van der Waals surface area (Å²) in [6, 6.07) is 1.51. The standard InChI is InChI=1S/C17H34N2/c1-4-9-15-13-19(16(5-2)12-18-15)14-17(3)10-7-6-8-11-17/h15-16,18H,4-14H2,1-3H3. The lowest BCUT2D eigenvalue weighted by Gasteiger charge is -2.46. The maximum Gasteiger partial charge on any atom is 0.0219 e. The lowest BCUT2D eigenvalue weighted by molar-refractivity contribution is 0.0548. The highest BCUT2D eigenvalue weighted by Gasteiger charge is 2.34. The van der Waals surface area contributed by atoms with E-state index < -0.39 is 0 Å². The van der Waals surface area contributed by atoms with Gasteiger partial charge in [0.05, 0.1) is 0 Å². The third-order valence-corrected chi connectivity index (χ3v) is 5.37. The van der Waals surface area contributed by atoms with E-state index in [0.29, 0.717) is 5.41 Å². The van der Waals surface area contributed by atoms with Gasteiger partial charge in [-0.15, -0.1) is 0 Å².